The maximum Gasteiger partial charge on any atom is 0.310 e. The van der Waals surface area contributed by atoms with Crippen LogP contribution < -0.4 is 4.74 Å². The maximum atomic E-state index is 13.0. The van der Waals surface area contributed by atoms with Crippen molar-refractivity contribution in [3.8, 4) is 5.75 Å². The summed E-state index contributed by atoms with van der Waals surface area (Å²) in [4.78, 5) is 26.6. The molecule has 1 aromatic heterocycles. The van der Waals surface area contributed by atoms with E-state index in [1.165, 1.54) is 24.3 Å². The lowest BCUT2D eigenvalue weighted by Gasteiger charge is -2.31. The first-order valence-electron chi connectivity index (χ1n) is 9.29. The van der Waals surface area contributed by atoms with Gasteiger partial charge >= 0.3 is 5.97 Å². The van der Waals surface area contributed by atoms with Crippen molar-refractivity contribution in [3.05, 3.63) is 47.1 Å². The number of likely N-dealkylation sites (tertiary alicyclic amines) is 1. The number of carbonyl (C=O) groups excluding carboxylic acids is 2. The van der Waals surface area contributed by atoms with E-state index in [2.05, 4.69) is 5.16 Å². The molecule has 0 saturated carbocycles. The van der Waals surface area contributed by atoms with E-state index in [4.69, 9.17) is 14.0 Å². The highest BCUT2D eigenvalue weighted by molar-refractivity contribution is 5.94. The predicted octanol–water partition coefficient (Wildman–Crippen LogP) is 3.12. The fraction of sp³-hybridized carbons (Fsp3) is 0.450. The van der Waals surface area contributed by atoms with Crippen molar-refractivity contribution >= 4 is 11.9 Å². The summed E-state index contributed by atoms with van der Waals surface area (Å²) in [5, 5.41) is 3.90. The van der Waals surface area contributed by atoms with E-state index in [0.29, 0.717) is 49.6 Å². The second-order valence-electron chi connectivity index (χ2n) is 6.65. The average molecular weight is 390 g/mol. The van der Waals surface area contributed by atoms with Gasteiger partial charge in [0, 0.05) is 13.1 Å². The summed E-state index contributed by atoms with van der Waals surface area (Å²) >= 11 is 0. The lowest BCUT2D eigenvalue weighted by molar-refractivity contribution is -0.149. The van der Waals surface area contributed by atoms with Gasteiger partial charge in [0.05, 0.1) is 18.1 Å². The van der Waals surface area contributed by atoms with E-state index in [0.717, 1.165) is 0 Å². The Hall–Kier alpha value is -2.90. The van der Waals surface area contributed by atoms with E-state index in [-0.39, 0.29) is 35.9 Å². The number of aryl methyl sites for hydroxylation is 1. The van der Waals surface area contributed by atoms with Gasteiger partial charge in [-0.15, -0.1) is 0 Å². The van der Waals surface area contributed by atoms with Crippen LogP contribution in [0, 0.1) is 18.7 Å². The molecule has 0 radical (unpaired) electrons. The monoisotopic (exact) mass is 390 g/mol. The van der Waals surface area contributed by atoms with Crippen molar-refractivity contribution in [2.75, 3.05) is 19.7 Å². The molecule has 0 N–H and O–H groups in total. The summed E-state index contributed by atoms with van der Waals surface area (Å²) in [5.74, 6) is -0.319. The minimum absolute atomic E-state index is 0.0667. The molecule has 1 atom stereocenters. The van der Waals surface area contributed by atoms with Gasteiger partial charge < -0.3 is 18.9 Å². The molecule has 2 heterocycles. The molecule has 28 heavy (non-hydrogen) atoms. The molecule has 1 fully saturated rings. The van der Waals surface area contributed by atoms with Gasteiger partial charge in [0.15, 0.2) is 5.69 Å². The number of esters is 1. The van der Waals surface area contributed by atoms with E-state index >= 15 is 0 Å². The number of hydrogen-bond acceptors (Lipinski definition) is 6. The van der Waals surface area contributed by atoms with Crippen LogP contribution in [0.15, 0.2) is 28.8 Å². The first-order chi connectivity index (χ1) is 13.5. The molecule has 3 rings (SSSR count). The third kappa shape index (κ3) is 4.49. The minimum atomic E-state index is -0.356. The van der Waals surface area contributed by atoms with Gasteiger partial charge in [-0.1, -0.05) is 5.16 Å². The molecule has 0 spiro atoms. The number of ether oxygens (including phenoxy) is 2. The van der Waals surface area contributed by atoms with Crippen LogP contribution in [0.4, 0.5) is 4.39 Å². The maximum absolute atomic E-state index is 13.0. The van der Waals surface area contributed by atoms with Crippen LogP contribution in [0.3, 0.4) is 0 Å². The zero-order valence-electron chi connectivity index (χ0n) is 15.9. The van der Waals surface area contributed by atoms with Gasteiger partial charge in [0.1, 0.15) is 23.9 Å². The van der Waals surface area contributed by atoms with Gasteiger partial charge in [0.25, 0.3) is 5.91 Å². The summed E-state index contributed by atoms with van der Waals surface area (Å²) in [6.07, 6.45) is 1.41. The molecule has 150 valence electrons. The lowest BCUT2D eigenvalue weighted by atomic mass is 9.97. The Morgan fingerprint density at radius 1 is 1.32 bits per heavy atom. The molecular weight excluding hydrogens is 367 g/mol. The molecule has 1 aliphatic heterocycles. The van der Waals surface area contributed by atoms with Crippen molar-refractivity contribution in [1.82, 2.24) is 10.1 Å². The molecule has 2 aromatic rings. The van der Waals surface area contributed by atoms with Crippen molar-refractivity contribution in [2.24, 2.45) is 5.92 Å². The van der Waals surface area contributed by atoms with Gasteiger partial charge in [-0.05, 0) is 51.0 Å². The number of nitrogens with zero attached hydrogens (tertiary/aromatic N) is 2. The number of amides is 1. The van der Waals surface area contributed by atoms with Crippen molar-refractivity contribution in [1.29, 1.82) is 0 Å². The molecule has 0 bridgehead atoms. The Labute approximate surface area is 162 Å². The minimum Gasteiger partial charge on any atom is -0.489 e. The number of aromatic nitrogens is 1. The summed E-state index contributed by atoms with van der Waals surface area (Å²) in [6.45, 7) is 4.68. The molecule has 1 unspecified atom stereocenters. The van der Waals surface area contributed by atoms with Gasteiger partial charge in [0.2, 0.25) is 0 Å². The number of halogens is 1. The number of carbonyl (C=O) groups is 2. The van der Waals surface area contributed by atoms with Crippen LogP contribution in [-0.4, -0.2) is 41.6 Å². The van der Waals surface area contributed by atoms with Gasteiger partial charge in [-0.25, -0.2) is 4.39 Å². The van der Waals surface area contributed by atoms with Crippen LogP contribution in [0.1, 0.15) is 41.6 Å². The Balaban J connectivity index is 1.70. The van der Waals surface area contributed by atoms with E-state index in [9.17, 15) is 14.0 Å². The van der Waals surface area contributed by atoms with Crippen molar-refractivity contribution in [3.63, 3.8) is 0 Å². The Morgan fingerprint density at radius 2 is 2.07 bits per heavy atom. The van der Waals surface area contributed by atoms with Crippen LogP contribution >= 0.6 is 0 Å². The molecule has 8 heteroatoms. The van der Waals surface area contributed by atoms with E-state index in [1.807, 2.05) is 0 Å². The number of benzene rings is 1. The number of hydrogen-bond donors (Lipinski definition) is 0. The van der Waals surface area contributed by atoms with Crippen molar-refractivity contribution < 1.29 is 28.0 Å². The quantitative estimate of drug-likeness (QED) is 0.705. The normalized spacial score (nSPS) is 16.7. The fourth-order valence-corrected chi connectivity index (χ4v) is 3.18. The molecule has 7 nitrogen and oxygen atoms in total. The first-order valence-corrected chi connectivity index (χ1v) is 9.29. The Morgan fingerprint density at radius 3 is 2.79 bits per heavy atom. The third-order valence-corrected chi connectivity index (χ3v) is 4.71. The third-order valence-electron chi connectivity index (χ3n) is 4.71. The molecular formula is C20H23FN2O5. The molecule has 1 saturated heterocycles. The Kier molecular flexibility index (Phi) is 6.28. The molecule has 1 aromatic carbocycles. The fourth-order valence-electron chi connectivity index (χ4n) is 3.18. The van der Waals surface area contributed by atoms with E-state index < -0.39 is 0 Å². The molecule has 1 amide bonds. The second kappa shape index (κ2) is 8.86. The summed E-state index contributed by atoms with van der Waals surface area (Å²) < 4.78 is 28.9. The zero-order chi connectivity index (χ0) is 20.1. The molecule has 1 aliphatic rings. The predicted molar refractivity (Wildman–Crippen MR) is 97.2 cm³/mol. The highest BCUT2D eigenvalue weighted by Crippen LogP contribution is 2.23. The second-order valence-corrected chi connectivity index (χ2v) is 6.65. The molecule has 0 aliphatic carbocycles. The number of rotatable bonds is 6. The highest BCUT2D eigenvalue weighted by Gasteiger charge is 2.32. The lowest BCUT2D eigenvalue weighted by Crippen LogP contribution is -2.43. The smallest absolute Gasteiger partial charge is 0.310 e. The van der Waals surface area contributed by atoms with Crippen molar-refractivity contribution in [2.45, 2.75) is 33.3 Å². The van der Waals surface area contributed by atoms with Crippen LogP contribution in [-0.2, 0) is 16.1 Å². The van der Waals surface area contributed by atoms with Gasteiger partial charge in [-0.2, -0.15) is 0 Å². The van der Waals surface area contributed by atoms with Crippen LogP contribution in [0.2, 0.25) is 0 Å². The standard InChI is InChI=1S/C20H23FN2O5/c1-3-26-20(25)14-5-4-10-23(11-14)19(24)18-17(13(2)28-22-18)12-27-16-8-6-15(21)7-9-16/h6-9,14H,3-5,10-12H2,1-2H3. The van der Waals surface area contributed by atoms with E-state index in [1.54, 1.807) is 18.7 Å². The van der Waals surface area contributed by atoms with Gasteiger partial charge in [-0.3, -0.25) is 9.59 Å². The Bertz CT molecular complexity index is 834. The summed E-state index contributed by atoms with van der Waals surface area (Å²) in [5.41, 5.74) is 0.705. The number of piperidine rings is 1. The largest absolute Gasteiger partial charge is 0.489 e. The average Bonchev–Trinajstić information content (AvgIpc) is 3.07. The zero-order valence-corrected chi connectivity index (χ0v) is 15.9. The highest BCUT2D eigenvalue weighted by atomic mass is 19.1. The topological polar surface area (TPSA) is 81.9 Å². The summed E-state index contributed by atoms with van der Waals surface area (Å²) in [7, 11) is 0. The van der Waals surface area contributed by atoms with Crippen LogP contribution in [0.25, 0.3) is 0 Å². The summed E-state index contributed by atoms with van der Waals surface area (Å²) in [6, 6.07) is 5.61. The van der Waals surface area contributed by atoms with Crippen LogP contribution in [0.5, 0.6) is 5.75 Å². The first kappa shape index (κ1) is 19.9. The SMILES string of the molecule is CCOC(=O)C1CCCN(C(=O)c2noc(C)c2COc2ccc(F)cc2)C1.